The van der Waals surface area contributed by atoms with Gasteiger partial charge in [-0.05, 0) is 18.6 Å². The molecular weight excluding hydrogens is 294 g/mol. The zero-order chi connectivity index (χ0) is 16.6. The summed E-state index contributed by atoms with van der Waals surface area (Å²) in [6, 6.07) is 11.2. The van der Waals surface area contributed by atoms with Crippen LogP contribution in [0.25, 0.3) is 10.8 Å². The van der Waals surface area contributed by atoms with Gasteiger partial charge in [0.25, 0.3) is 11.5 Å². The highest BCUT2D eigenvalue weighted by atomic mass is 16.3. The minimum atomic E-state index is -0.832. The first-order valence-corrected chi connectivity index (χ1v) is 7.05. The molecule has 3 aromatic rings. The van der Waals surface area contributed by atoms with Gasteiger partial charge < -0.3 is 15.4 Å². The summed E-state index contributed by atoms with van der Waals surface area (Å²) in [6.07, 6.45) is 1.58. The monoisotopic (exact) mass is 309 g/mol. The van der Waals surface area contributed by atoms with E-state index in [2.05, 4.69) is 4.98 Å². The van der Waals surface area contributed by atoms with Crippen molar-refractivity contribution >= 4 is 16.7 Å². The first-order chi connectivity index (χ1) is 11.0. The molecule has 2 heterocycles. The summed E-state index contributed by atoms with van der Waals surface area (Å²) in [7, 11) is 0. The lowest BCUT2D eigenvalue weighted by atomic mass is 10.1. The summed E-state index contributed by atoms with van der Waals surface area (Å²) in [5.41, 5.74) is 6.04. The van der Waals surface area contributed by atoms with Crippen LogP contribution < -0.4 is 11.3 Å². The largest absolute Gasteiger partial charge is 0.505 e. The van der Waals surface area contributed by atoms with Crippen LogP contribution in [0, 0.1) is 6.92 Å². The number of fused-ring (bicyclic) bond motifs is 1. The van der Waals surface area contributed by atoms with Gasteiger partial charge in [-0.1, -0.05) is 30.3 Å². The quantitative estimate of drug-likeness (QED) is 0.767. The SMILES string of the molecule is Cc1nc(C(N)=O)c(O)c2ccn(Cc3ccccc3)c(=O)c12. The molecule has 0 aliphatic rings. The molecule has 0 aliphatic carbocycles. The second kappa shape index (κ2) is 5.57. The lowest BCUT2D eigenvalue weighted by Crippen LogP contribution is -2.22. The Labute approximate surface area is 131 Å². The molecule has 3 N–H and O–H groups in total. The number of pyridine rings is 2. The standard InChI is InChI=1S/C17H15N3O3/c1-10-13-12(15(21)14(19-10)16(18)22)7-8-20(17(13)23)9-11-5-3-2-4-6-11/h2-8,21H,9H2,1H3,(H2,18,22). The Balaban J connectivity index is 2.20. The molecule has 0 radical (unpaired) electrons. The van der Waals surface area contributed by atoms with Crippen molar-refractivity contribution in [2.24, 2.45) is 5.73 Å². The average Bonchev–Trinajstić information content (AvgIpc) is 2.53. The molecule has 6 nitrogen and oxygen atoms in total. The molecule has 116 valence electrons. The van der Waals surface area contributed by atoms with Crippen LogP contribution in [0.2, 0.25) is 0 Å². The third kappa shape index (κ3) is 2.55. The predicted molar refractivity (Wildman–Crippen MR) is 86.5 cm³/mol. The highest BCUT2D eigenvalue weighted by Crippen LogP contribution is 2.26. The van der Waals surface area contributed by atoms with Gasteiger partial charge in [-0.2, -0.15) is 0 Å². The molecule has 0 saturated carbocycles. The lowest BCUT2D eigenvalue weighted by molar-refractivity contribution is 0.0993. The van der Waals surface area contributed by atoms with E-state index in [0.29, 0.717) is 12.2 Å². The number of aryl methyl sites for hydroxylation is 1. The minimum Gasteiger partial charge on any atom is -0.505 e. The Morgan fingerprint density at radius 1 is 1.26 bits per heavy atom. The molecule has 1 amide bonds. The van der Waals surface area contributed by atoms with Crippen molar-refractivity contribution in [1.82, 2.24) is 9.55 Å². The normalized spacial score (nSPS) is 10.8. The highest BCUT2D eigenvalue weighted by molar-refractivity contribution is 6.01. The van der Waals surface area contributed by atoms with Gasteiger partial charge in [-0.25, -0.2) is 4.98 Å². The Bertz CT molecular complexity index is 962. The van der Waals surface area contributed by atoms with Crippen LogP contribution in [-0.2, 0) is 6.54 Å². The number of amides is 1. The molecule has 0 fully saturated rings. The van der Waals surface area contributed by atoms with Gasteiger partial charge in [-0.15, -0.1) is 0 Å². The molecule has 6 heteroatoms. The first-order valence-electron chi connectivity index (χ1n) is 7.05. The summed E-state index contributed by atoms with van der Waals surface area (Å²) in [5, 5.41) is 10.7. The van der Waals surface area contributed by atoms with Gasteiger partial charge in [0.2, 0.25) is 0 Å². The first kappa shape index (κ1) is 14.8. The second-order valence-electron chi connectivity index (χ2n) is 5.28. The number of aromatic nitrogens is 2. The van der Waals surface area contributed by atoms with Crippen molar-refractivity contribution in [2.75, 3.05) is 0 Å². The molecule has 2 aromatic heterocycles. The fourth-order valence-electron chi connectivity index (χ4n) is 2.60. The molecule has 1 aromatic carbocycles. The molecule has 3 rings (SSSR count). The van der Waals surface area contributed by atoms with Gasteiger partial charge in [0.05, 0.1) is 17.6 Å². The molecule has 0 saturated heterocycles. The fourth-order valence-corrected chi connectivity index (χ4v) is 2.60. The lowest BCUT2D eigenvalue weighted by Gasteiger charge is -2.11. The summed E-state index contributed by atoms with van der Waals surface area (Å²) in [5.74, 6) is -1.19. The van der Waals surface area contributed by atoms with Crippen LogP contribution in [0.3, 0.4) is 0 Å². The fraction of sp³-hybridized carbons (Fsp3) is 0.118. The van der Waals surface area contributed by atoms with E-state index in [-0.39, 0.29) is 27.8 Å². The highest BCUT2D eigenvalue weighted by Gasteiger charge is 2.18. The van der Waals surface area contributed by atoms with Crippen molar-refractivity contribution < 1.29 is 9.90 Å². The third-order valence-electron chi connectivity index (χ3n) is 3.72. The van der Waals surface area contributed by atoms with E-state index in [4.69, 9.17) is 5.73 Å². The van der Waals surface area contributed by atoms with Gasteiger partial charge in [-0.3, -0.25) is 9.59 Å². The maximum Gasteiger partial charge on any atom is 0.271 e. The summed E-state index contributed by atoms with van der Waals surface area (Å²) in [6.45, 7) is 2.02. The van der Waals surface area contributed by atoms with E-state index in [9.17, 15) is 14.7 Å². The number of benzene rings is 1. The summed E-state index contributed by atoms with van der Waals surface area (Å²) < 4.78 is 1.54. The zero-order valence-electron chi connectivity index (χ0n) is 12.5. The van der Waals surface area contributed by atoms with Gasteiger partial charge in [0.15, 0.2) is 11.4 Å². The van der Waals surface area contributed by atoms with Crippen LogP contribution in [0.15, 0.2) is 47.4 Å². The van der Waals surface area contributed by atoms with Crippen molar-refractivity contribution in [3.63, 3.8) is 0 Å². The van der Waals surface area contributed by atoms with E-state index in [1.165, 1.54) is 4.57 Å². The van der Waals surface area contributed by atoms with Gasteiger partial charge >= 0.3 is 0 Å². The molecular formula is C17H15N3O3. The number of carbonyl (C=O) groups is 1. The smallest absolute Gasteiger partial charge is 0.271 e. The third-order valence-corrected chi connectivity index (χ3v) is 3.72. The topological polar surface area (TPSA) is 98.2 Å². The molecule has 0 bridgehead atoms. The van der Waals surface area contributed by atoms with E-state index in [1.807, 2.05) is 30.3 Å². The van der Waals surface area contributed by atoms with Crippen LogP contribution >= 0.6 is 0 Å². The van der Waals surface area contributed by atoms with Crippen LogP contribution in [0.5, 0.6) is 5.75 Å². The van der Waals surface area contributed by atoms with Crippen LogP contribution in [0.1, 0.15) is 21.7 Å². The van der Waals surface area contributed by atoms with Crippen LogP contribution in [0.4, 0.5) is 0 Å². The van der Waals surface area contributed by atoms with Crippen molar-refractivity contribution in [1.29, 1.82) is 0 Å². The number of nitrogens with zero attached hydrogens (tertiary/aromatic N) is 2. The van der Waals surface area contributed by atoms with E-state index >= 15 is 0 Å². The van der Waals surface area contributed by atoms with Crippen molar-refractivity contribution in [2.45, 2.75) is 13.5 Å². The van der Waals surface area contributed by atoms with Gasteiger partial charge in [0.1, 0.15) is 0 Å². The number of rotatable bonds is 3. The Morgan fingerprint density at radius 3 is 2.61 bits per heavy atom. The minimum absolute atomic E-state index is 0.227. The zero-order valence-corrected chi connectivity index (χ0v) is 12.5. The Kier molecular flexibility index (Phi) is 3.57. The number of hydrogen-bond donors (Lipinski definition) is 2. The maximum atomic E-state index is 12.7. The van der Waals surface area contributed by atoms with E-state index in [0.717, 1.165) is 5.56 Å². The molecule has 0 spiro atoms. The Morgan fingerprint density at radius 2 is 1.96 bits per heavy atom. The number of primary amides is 1. The average molecular weight is 309 g/mol. The predicted octanol–water partition coefficient (Wildman–Crippen LogP) is 1.56. The summed E-state index contributed by atoms with van der Waals surface area (Å²) in [4.78, 5) is 28.0. The summed E-state index contributed by atoms with van der Waals surface area (Å²) >= 11 is 0. The number of nitrogens with two attached hydrogens (primary N) is 1. The van der Waals surface area contributed by atoms with Crippen molar-refractivity contribution in [3.05, 3.63) is 69.9 Å². The molecule has 0 atom stereocenters. The number of aromatic hydroxyl groups is 1. The molecule has 0 unspecified atom stereocenters. The molecule has 23 heavy (non-hydrogen) atoms. The number of carbonyl (C=O) groups excluding carboxylic acids is 1. The maximum absolute atomic E-state index is 12.7. The van der Waals surface area contributed by atoms with E-state index in [1.54, 1.807) is 19.2 Å². The van der Waals surface area contributed by atoms with Crippen LogP contribution in [-0.4, -0.2) is 20.6 Å². The van der Waals surface area contributed by atoms with E-state index < -0.39 is 5.91 Å². The molecule has 0 aliphatic heterocycles. The Hall–Kier alpha value is -3.15. The second-order valence-corrected chi connectivity index (χ2v) is 5.28. The van der Waals surface area contributed by atoms with Gasteiger partial charge in [0, 0.05) is 11.6 Å². The van der Waals surface area contributed by atoms with Crippen molar-refractivity contribution in [3.8, 4) is 5.75 Å². The number of hydrogen-bond acceptors (Lipinski definition) is 4.